The third-order valence-electron chi connectivity index (χ3n) is 9.64. The standard InChI is InChI=1S/C31H41F2N5O4S/c1-21(20-39)35-43(41,42)24-3-4-25(26(19-24)37-13-8-30(6-7-30)9-14-37)29(40)34-23-17-22-5-12-36(2)28(22)27(18-23)38-15-10-31(32,33)11-16-38/h3-4,17-19,21,35,39H,5-16,20H2,1-2H3,(H,34,40)/t21-/m0/s1. The van der Waals surface area contributed by atoms with Gasteiger partial charge in [0.25, 0.3) is 11.8 Å². The number of hydrogen-bond acceptors (Lipinski definition) is 7. The second-order valence-electron chi connectivity index (χ2n) is 12.8. The summed E-state index contributed by atoms with van der Waals surface area (Å²) in [4.78, 5) is 20.1. The third-order valence-corrected chi connectivity index (χ3v) is 11.2. The van der Waals surface area contributed by atoms with E-state index in [1.807, 2.05) is 24.1 Å². The minimum absolute atomic E-state index is 0.0378. The summed E-state index contributed by atoms with van der Waals surface area (Å²) in [6, 6.07) is 7.71. The number of nitrogens with one attached hydrogen (secondary N) is 2. The van der Waals surface area contributed by atoms with Crippen molar-refractivity contribution in [3.05, 3.63) is 41.5 Å². The van der Waals surface area contributed by atoms with Crippen LogP contribution in [0.1, 0.15) is 61.4 Å². The number of fused-ring (bicyclic) bond motifs is 1. The van der Waals surface area contributed by atoms with Crippen LogP contribution in [0.5, 0.6) is 0 Å². The van der Waals surface area contributed by atoms with Gasteiger partial charge in [-0.15, -0.1) is 0 Å². The van der Waals surface area contributed by atoms with Crippen LogP contribution in [-0.2, 0) is 16.4 Å². The van der Waals surface area contributed by atoms with Gasteiger partial charge in [-0.05, 0) is 80.3 Å². The number of likely N-dealkylation sites (N-methyl/N-ethyl adjacent to an activating group) is 1. The maximum absolute atomic E-state index is 14.0. The highest BCUT2D eigenvalue weighted by Gasteiger charge is 2.45. The average molecular weight is 618 g/mol. The molecule has 1 atom stereocenters. The fraction of sp³-hybridized carbons (Fsp3) is 0.581. The van der Waals surface area contributed by atoms with E-state index >= 15 is 0 Å². The molecule has 0 radical (unpaired) electrons. The summed E-state index contributed by atoms with van der Waals surface area (Å²) < 4.78 is 56.6. The number of carbonyl (C=O) groups is 1. The molecule has 3 heterocycles. The monoisotopic (exact) mass is 617 g/mol. The molecule has 4 aliphatic rings. The summed E-state index contributed by atoms with van der Waals surface area (Å²) in [5.74, 6) is -3.02. The summed E-state index contributed by atoms with van der Waals surface area (Å²) >= 11 is 0. The Morgan fingerprint density at radius 2 is 1.60 bits per heavy atom. The predicted molar refractivity (Wildman–Crippen MR) is 164 cm³/mol. The SMILES string of the molecule is C[C@@H](CO)NS(=O)(=O)c1ccc(C(=O)Nc2cc3c(c(N4CCC(F)(F)CC4)c2)N(C)CC3)c(N2CCC3(CC2)CC3)c1. The van der Waals surface area contributed by atoms with Crippen LogP contribution in [0.25, 0.3) is 0 Å². The van der Waals surface area contributed by atoms with Gasteiger partial charge in [-0.25, -0.2) is 21.9 Å². The van der Waals surface area contributed by atoms with E-state index in [9.17, 15) is 27.1 Å². The molecule has 0 bridgehead atoms. The Balaban J connectivity index is 1.31. The number of anilines is 4. The molecule has 3 aliphatic heterocycles. The highest BCUT2D eigenvalue weighted by atomic mass is 32.2. The van der Waals surface area contributed by atoms with Gasteiger partial charge in [0.2, 0.25) is 10.0 Å². The van der Waals surface area contributed by atoms with Crippen LogP contribution in [0, 0.1) is 5.41 Å². The Bertz CT molecular complexity index is 1490. The Hall–Kier alpha value is -2.96. The molecule has 3 N–H and O–H groups in total. The van der Waals surface area contributed by atoms with E-state index in [4.69, 9.17) is 0 Å². The van der Waals surface area contributed by atoms with E-state index in [0.717, 1.165) is 55.8 Å². The minimum Gasteiger partial charge on any atom is -0.395 e. The van der Waals surface area contributed by atoms with Crippen molar-refractivity contribution in [1.29, 1.82) is 0 Å². The molecule has 0 unspecified atom stereocenters. The minimum atomic E-state index is -3.92. The van der Waals surface area contributed by atoms with Gasteiger partial charge in [0.15, 0.2) is 0 Å². The molecule has 9 nitrogen and oxygen atoms in total. The first-order chi connectivity index (χ1) is 20.4. The zero-order chi connectivity index (χ0) is 30.6. The summed E-state index contributed by atoms with van der Waals surface area (Å²) in [6.07, 6.45) is 4.82. The first kappa shape index (κ1) is 30.1. The second kappa shape index (κ2) is 11.2. The lowest BCUT2D eigenvalue weighted by Gasteiger charge is -2.36. The molecular weight excluding hydrogens is 576 g/mol. The van der Waals surface area contributed by atoms with E-state index in [-0.39, 0.29) is 43.3 Å². The Kier molecular flexibility index (Phi) is 7.83. The van der Waals surface area contributed by atoms with Crippen molar-refractivity contribution in [3.63, 3.8) is 0 Å². The topological polar surface area (TPSA) is 105 Å². The predicted octanol–water partition coefficient (Wildman–Crippen LogP) is 4.21. The highest BCUT2D eigenvalue weighted by molar-refractivity contribution is 7.89. The van der Waals surface area contributed by atoms with Crippen molar-refractivity contribution < 1.29 is 27.1 Å². The smallest absolute Gasteiger partial charge is 0.257 e. The number of carbonyl (C=O) groups excluding carboxylic acids is 1. The van der Waals surface area contributed by atoms with E-state index < -0.39 is 22.0 Å². The van der Waals surface area contributed by atoms with E-state index in [1.165, 1.54) is 18.9 Å². The molecule has 1 spiro atoms. The van der Waals surface area contributed by atoms with Gasteiger partial charge in [0.1, 0.15) is 0 Å². The largest absolute Gasteiger partial charge is 0.395 e. The summed E-state index contributed by atoms with van der Waals surface area (Å²) in [7, 11) is -1.92. The van der Waals surface area contributed by atoms with Crippen LogP contribution < -0.4 is 24.7 Å². The molecule has 1 amide bonds. The van der Waals surface area contributed by atoms with Gasteiger partial charge < -0.3 is 25.1 Å². The number of alkyl halides is 2. The number of sulfonamides is 1. The zero-order valence-electron chi connectivity index (χ0n) is 24.8. The van der Waals surface area contributed by atoms with Crippen molar-refractivity contribution >= 4 is 38.7 Å². The lowest BCUT2D eigenvalue weighted by atomic mass is 9.93. The third kappa shape index (κ3) is 6.19. The van der Waals surface area contributed by atoms with Gasteiger partial charge in [-0.2, -0.15) is 0 Å². The molecular formula is C31H41F2N5O4S. The van der Waals surface area contributed by atoms with Crippen LogP contribution in [0.15, 0.2) is 35.2 Å². The van der Waals surface area contributed by atoms with Crippen molar-refractivity contribution in [2.24, 2.45) is 5.41 Å². The molecule has 2 aromatic rings. The average Bonchev–Trinajstić information content (AvgIpc) is 3.62. The molecule has 1 saturated carbocycles. The lowest BCUT2D eigenvalue weighted by molar-refractivity contribution is -0.0220. The highest BCUT2D eigenvalue weighted by Crippen LogP contribution is 2.54. The Morgan fingerprint density at radius 1 is 0.953 bits per heavy atom. The molecule has 1 aliphatic carbocycles. The van der Waals surface area contributed by atoms with Gasteiger partial charge in [-0.3, -0.25) is 4.79 Å². The Morgan fingerprint density at radius 3 is 2.26 bits per heavy atom. The first-order valence-corrected chi connectivity index (χ1v) is 16.7. The quantitative estimate of drug-likeness (QED) is 0.408. The molecule has 3 fully saturated rings. The number of rotatable bonds is 8. The van der Waals surface area contributed by atoms with Gasteiger partial charge >= 0.3 is 0 Å². The van der Waals surface area contributed by atoms with Crippen LogP contribution in [0.2, 0.25) is 0 Å². The molecule has 234 valence electrons. The lowest BCUT2D eigenvalue weighted by Crippen LogP contribution is -2.40. The fourth-order valence-corrected chi connectivity index (χ4v) is 7.95. The first-order valence-electron chi connectivity index (χ1n) is 15.2. The van der Waals surface area contributed by atoms with Crippen molar-refractivity contribution in [2.75, 3.05) is 66.4 Å². The number of amides is 1. The zero-order valence-corrected chi connectivity index (χ0v) is 25.7. The fourth-order valence-electron chi connectivity index (χ4n) is 6.70. The molecule has 43 heavy (non-hydrogen) atoms. The summed E-state index contributed by atoms with van der Waals surface area (Å²) in [5, 5.41) is 12.4. The van der Waals surface area contributed by atoms with Crippen molar-refractivity contribution in [1.82, 2.24) is 4.72 Å². The van der Waals surface area contributed by atoms with Crippen LogP contribution in [-0.4, -0.2) is 77.8 Å². The van der Waals surface area contributed by atoms with Gasteiger partial charge in [-0.1, -0.05) is 0 Å². The molecule has 2 aromatic carbocycles. The number of aliphatic hydroxyl groups is 1. The van der Waals surface area contributed by atoms with Crippen molar-refractivity contribution in [2.45, 2.75) is 68.7 Å². The molecule has 2 saturated heterocycles. The van der Waals surface area contributed by atoms with E-state index in [0.29, 0.717) is 22.4 Å². The summed E-state index contributed by atoms with van der Waals surface area (Å²) in [5.41, 5.74) is 4.84. The molecule has 0 aromatic heterocycles. The number of benzene rings is 2. The maximum atomic E-state index is 14.0. The normalized spacial score (nSPS) is 21.6. The Labute approximate surface area is 252 Å². The number of halogens is 2. The van der Waals surface area contributed by atoms with Crippen LogP contribution in [0.3, 0.4) is 0 Å². The van der Waals surface area contributed by atoms with E-state index in [1.54, 1.807) is 19.1 Å². The van der Waals surface area contributed by atoms with E-state index in [2.05, 4.69) is 19.8 Å². The number of nitrogens with zero attached hydrogens (tertiary/aromatic N) is 3. The molecule has 6 rings (SSSR count). The van der Waals surface area contributed by atoms with Crippen LogP contribution >= 0.6 is 0 Å². The number of piperidine rings is 2. The van der Waals surface area contributed by atoms with Gasteiger partial charge in [0, 0.05) is 64.3 Å². The number of aliphatic hydroxyl groups excluding tert-OH is 1. The van der Waals surface area contributed by atoms with Crippen molar-refractivity contribution in [3.8, 4) is 0 Å². The van der Waals surface area contributed by atoms with Crippen LogP contribution in [0.4, 0.5) is 31.5 Å². The summed E-state index contributed by atoms with van der Waals surface area (Å²) in [6.45, 7) is 4.01. The maximum Gasteiger partial charge on any atom is 0.257 e. The number of hydrogen-bond donors (Lipinski definition) is 3. The second-order valence-corrected chi connectivity index (χ2v) is 14.6. The van der Waals surface area contributed by atoms with Gasteiger partial charge in [0.05, 0.1) is 34.1 Å². The molecule has 12 heteroatoms.